The lowest BCUT2D eigenvalue weighted by atomic mass is 9.92. The molecule has 16 heavy (non-hydrogen) atoms. The molecular formula is C11H19N3OS. The Bertz CT molecular complexity index is 364. The highest BCUT2D eigenvalue weighted by atomic mass is 32.1. The lowest BCUT2D eigenvalue weighted by Gasteiger charge is -2.35. The molecule has 2 rings (SSSR count). The van der Waals surface area contributed by atoms with Crippen molar-refractivity contribution in [1.29, 1.82) is 0 Å². The largest absolute Gasteiger partial charge is 0.376 e. The summed E-state index contributed by atoms with van der Waals surface area (Å²) in [7, 11) is 1.79. The highest BCUT2D eigenvalue weighted by Gasteiger charge is 2.45. The van der Waals surface area contributed by atoms with Crippen LogP contribution in [-0.4, -0.2) is 28.1 Å². The van der Waals surface area contributed by atoms with Gasteiger partial charge in [-0.1, -0.05) is 0 Å². The summed E-state index contributed by atoms with van der Waals surface area (Å²) in [5.74, 6) is 1.50. The molecule has 0 radical (unpaired) electrons. The van der Waals surface area contributed by atoms with Gasteiger partial charge in [0.1, 0.15) is 5.82 Å². The third kappa shape index (κ3) is 2.20. The Hall–Kier alpha value is -0.680. The second-order valence-electron chi connectivity index (χ2n) is 4.68. The summed E-state index contributed by atoms with van der Waals surface area (Å²) in [6.45, 7) is 6.23. The molecule has 0 spiro atoms. The van der Waals surface area contributed by atoms with E-state index in [1.165, 1.54) is 24.4 Å². The molecular weight excluding hydrogens is 222 g/mol. The average Bonchev–Trinajstić information content (AvgIpc) is 3.03. The van der Waals surface area contributed by atoms with Crippen LogP contribution in [0.5, 0.6) is 0 Å². The van der Waals surface area contributed by atoms with E-state index >= 15 is 0 Å². The summed E-state index contributed by atoms with van der Waals surface area (Å²) in [5, 5.41) is 4.28. The minimum absolute atomic E-state index is 0.0976. The van der Waals surface area contributed by atoms with Gasteiger partial charge in [-0.3, -0.25) is 0 Å². The summed E-state index contributed by atoms with van der Waals surface area (Å²) < 4.78 is 9.86. The molecule has 90 valence electrons. The fourth-order valence-corrected chi connectivity index (χ4v) is 2.70. The second-order valence-corrected chi connectivity index (χ2v) is 5.43. The van der Waals surface area contributed by atoms with Crippen molar-refractivity contribution in [2.75, 3.05) is 12.4 Å². The van der Waals surface area contributed by atoms with Crippen LogP contribution in [-0.2, 0) is 4.74 Å². The number of hydrogen-bond acceptors (Lipinski definition) is 5. The minimum Gasteiger partial charge on any atom is -0.376 e. The highest BCUT2D eigenvalue weighted by Crippen LogP contribution is 2.44. The van der Waals surface area contributed by atoms with Crippen molar-refractivity contribution in [2.45, 2.75) is 45.3 Å². The molecule has 0 unspecified atom stereocenters. The molecule has 1 aliphatic rings. The topological polar surface area (TPSA) is 47.0 Å². The molecule has 1 fully saturated rings. The first-order valence-electron chi connectivity index (χ1n) is 5.68. The first-order chi connectivity index (χ1) is 7.56. The summed E-state index contributed by atoms with van der Waals surface area (Å²) in [5.41, 5.74) is -0.0976. The lowest BCUT2D eigenvalue weighted by Crippen LogP contribution is -2.46. The van der Waals surface area contributed by atoms with Crippen LogP contribution < -0.4 is 5.32 Å². The van der Waals surface area contributed by atoms with Crippen molar-refractivity contribution >= 4 is 16.7 Å². The Balaban J connectivity index is 2.03. The Morgan fingerprint density at radius 1 is 1.56 bits per heavy atom. The molecule has 1 aromatic heterocycles. The van der Waals surface area contributed by atoms with E-state index in [2.05, 4.69) is 28.5 Å². The molecule has 1 saturated carbocycles. The third-order valence-corrected chi connectivity index (χ3v) is 4.29. The molecule has 0 aromatic carbocycles. The van der Waals surface area contributed by atoms with E-state index in [1.54, 1.807) is 7.11 Å². The molecule has 4 nitrogen and oxygen atoms in total. The van der Waals surface area contributed by atoms with Gasteiger partial charge >= 0.3 is 0 Å². The molecule has 1 aliphatic carbocycles. The number of rotatable bonds is 5. The molecule has 1 heterocycles. The number of nitrogens with zero attached hydrogens (tertiary/aromatic N) is 2. The Labute approximate surface area is 101 Å². The van der Waals surface area contributed by atoms with Crippen molar-refractivity contribution in [3.8, 4) is 0 Å². The predicted molar refractivity (Wildman–Crippen MR) is 65.9 cm³/mol. The summed E-state index contributed by atoms with van der Waals surface area (Å²) in [6.07, 6.45) is 2.54. The van der Waals surface area contributed by atoms with Gasteiger partial charge in [-0.05, 0) is 39.5 Å². The van der Waals surface area contributed by atoms with Crippen LogP contribution in [0.15, 0.2) is 0 Å². The fraction of sp³-hybridized carbons (Fsp3) is 0.818. The molecule has 0 aliphatic heterocycles. The summed E-state index contributed by atoms with van der Waals surface area (Å²) >= 11 is 1.41. The first kappa shape index (κ1) is 11.8. The molecule has 1 N–H and O–H groups in total. The Morgan fingerprint density at radius 3 is 2.69 bits per heavy atom. The number of anilines is 1. The van der Waals surface area contributed by atoms with Crippen LogP contribution in [0.25, 0.3) is 0 Å². The zero-order valence-corrected chi connectivity index (χ0v) is 11.1. The maximum absolute atomic E-state index is 5.70. The van der Waals surface area contributed by atoms with Crippen molar-refractivity contribution in [1.82, 2.24) is 9.36 Å². The maximum atomic E-state index is 5.70. The smallest absolute Gasteiger partial charge is 0.202 e. The maximum Gasteiger partial charge on any atom is 0.202 e. The fourth-order valence-electron chi connectivity index (χ4n) is 2.04. The van der Waals surface area contributed by atoms with Gasteiger partial charge in [0.05, 0.1) is 11.6 Å². The van der Waals surface area contributed by atoms with Crippen LogP contribution in [0.1, 0.15) is 32.5 Å². The van der Waals surface area contributed by atoms with Crippen LogP contribution in [0, 0.1) is 12.8 Å². The highest BCUT2D eigenvalue weighted by molar-refractivity contribution is 7.09. The van der Waals surface area contributed by atoms with Gasteiger partial charge in [-0.15, -0.1) is 0 Å². The summed E-state index contributed by atoms with van der Waals surface area (Å²) in [4.78, 5) is 4.32. The van der Waals surface area contributed by atoms with Gasteiger partial charge in [-0.25, -0.2) is 4.98 Å². The molecule has 5 heteroatoms. The van der Waals surface area contributed by atoms with Crippen molar-refractivity contribution in [2.24, 2.45) is 5.92 Å². The van der Waals surface area contributed by atoms with Crippen molar-refractivity contribution in [3.05, 3.63) is 5.82 Å². The van der Waals surface area contributed by atoms with Gasteiger partial charge in [0.25, 0.3) is 0 Å². The SMILES string of the molecule is CO[C@@](C)(C1CC1)[C@H](C)Nc1nc(C)ns1. The van der Waals surface area contributed by atoms with Crippen LogP contribution in [0.3, 0.4) is 0 Å². The average molecular weight is 241 g/mol. The Morgan fingerprint density at radius 2 is 2.25 bits per heavy atom. The quantitative estimate of drug-likeness (QED) is 0.860. The third-order valence-electron chi connectivity index (χ3n) is 3.56. The van der Waals surface area contributed by atoms with Gasteiger partial charge in [-0.2, -0.15) is 4.37 Å². The van der Waals surface area contributed by atoms with E-state index in [1.807, 2.05) is 6.92 Å². The van der Waals surface area contributed by atoms with E-state index in [0.717, 1.165) is 11.0 Å². The van der Waals surface area contributed by atoms with Crippen LogP contribution >= 0.6 is 11.5 Å². The number of methoxy groups -OCH3 is 1. The zero-order valence-electron chi connectivity index (χ0n) is 10.3. The Kier molecular flexibility index (Phi) is 3.17. The van der Waals surface area contributed by atoms with Crippen molar-refractivity contribution in [3.63, 3.8) is 0 Å². The van der Waals surface area contributed by atoms with Crippen LogP contribution in [0.4, 0.5) is 5.13 Å². The first-order valence-corrected chi connectivity index (χ1v) is 6.45. The van der Waals surface area contributed by atoms with E-state index in [4.69, 9.17) is 4.74 Å². The number of aryl methyl sites for hydroxylation is 1. The molecule has 1 aromatic rings. The normalized spacial score (nSPS) is 21.5. The van der Waals surface area contributed by atoms with E-state index in [-0.39, 0.29) is 11.6 Å². The molecule has 0 amide bonds. The zero-order chi connectivity index (χ0) is 11.8. The van der Waals surface area contributed by atoms with E-state index in [0.29, 0.717) is 5.92 Å². The number of ether oxygens (including phenoxy) is 1. The lowest BCUT2D eigenvalue weighted by molar-refractivity contribution is -0.0246. The monoisotopic (exact) mass is 241 g/mol. The van der Waals surface area contributed by atoms with Crippen molar-refractivity contribution < 1.29 is 4.74 Å². The predicted octanol–water partition coefficient (Wildman–Crippen LogP) is 2.46. The van der Waals surface area contributed by atoms with Gasteiger partial charge in [0, 0.05) is 18.6 Å². The van der Waals surface area contributed by atoms with Gasteiger partial charge in [0.2, 0.25) is 5.13 Å². The van der Waals surface area contributed by atoms with Crippen LogP contribution in [0.2, 0.25) is 0 Å². The molecule has 0 saturated heterocycles. The minimum atomic E-state index is -0.0976. The number of aromatic nitrogens is 2. The van der Waals surface area contributed by atoms with Gasteiger partial charge < -0.3 is 10.1 Å². The number of nitrogens with one attached hydrogen (secondary N) is 1. The van der Waals surface area contributed by atoms with Gasteiger partial charge in [0.15, 0.2) is 0 Å². The standard InChI is InChI=1S/C11H19N3OS/c1-7(11(3,15-4)9-5-6-9)12-10-13-8(2)14-16-10/h7,9H,5-6H2,1-4H3,(H,12,13,14)/t7-,11+/m0/s1. The van der Waals surface area contributed by atoms with E-state index in [9.17, 15) is 0 Å². The summed E-state index contributed by atoms with van der Waals surface area (Å²) in [6, 6.07) is 0.248. The van der Waals surface area contributed by atoms with E-state index < -0.39 is 0 Å². The molecule has 0 bridgehead atoms. The number of hydrogen-bond donors (Lipinski definition) is 1. The second kappa shape index (κ2) is 4.30. The molecule has 2 atom stereocenters.